The number of para-hydroxylation sites is 2. The quantitative estimate of drug-likeness (QED) is 0.791. The first-order chi connectivity index (χ1) is 12.8. The molecule has 2 rings (SSSR count). The van der Waals surface area contributed by atoms with Crippen molar-refractivity contribution in [3.05, 3.63) is 24.3 Å². The van der Waals surface area contributed by atoms with Crippen LogP contribution in [0.2, 0.25) is 0 Å². The zero-order chi connectivity index (χ0) is 21.3. The Hall–Kier alpha value is -2.98. The third kappa shape index (κ3) is 5.27. The number of carbonyl (C=O) groups excluding carboxylic acids is 2. The number of hydrogen-bond donors (Lipinski definition) is 2. The van der Waals surface area contributed by atoms with Gasteiger partial charge in [-0.2, -0.15) is 13.2 Å². The Balaban J connectivity index is 2.45. The molecule has 1 aromatic carbocycles. The van der Waals surface area contributed by atoms with Crippen LogP contribution >= 0.6 is 0 Å². The van der Waals surface area contributed by atoms with Crippen molar-refractivity contribution < 1.29 is 37.4 Å². The molecule has 8 nitrogen and oxygen atoms in total. The summed E-state index contributed by atoms with van der Waals surface area (Å²) in [5, 5.41) is 11.7. The molecule has 0 aromatic heterocycles. The van der Waals surface area contributed by atoms with Crippen LogP contribution in [-0.2, 0) is 9.53 Å². The molecule has 1 heterocycles. The highest BCUT2D eigenvalue weighted by Gasteiger charge is 2.42. The number of carboxylic acid groups (broad SMARTS) is 1. The number of amides is 3. The first kappa shape index (κ1) is 21.3. The molecule has 154 valence electrons. The molecule has 0 bridgehead atoms. The van der Waals surface area contributed by atoms with Crippen LogP contribution in [-0.4, -0.2) is 54.1 Å². The van der Waals surface area contributed by atoms with Gasteiger partial charge in [0, 0.05) is 0 Å². The number of ether oxygens (including phenoxy) is 1. The van der Waals surface area contributed by atoms with Crippen LogP contribution in [0.15, 0.2) is 24.3 Å². The van der Waals surface area contributed by atoms with Crippen LogP contribution < -0.4 is 15.1 Å². The van der Waals surface area contributed by atoms with E-state index in [0.717, 1.165) is 0 Å². The molecule has 3 amide bonds. The largest absolute Gasteiger partial charge is 0.465 e. The zero-order valence-electron chi connectivity index (χ0n) is 15.4. The van der Waals surface area contributed by atoms with Crippen LogP contribution in [0, 0.1) is 0 Å². The van der Waals surface area contributed by atoms with E-state index < -0.39 is 49.0 Å². The van der Waals surface area contributed by atoms with E-state index in [1.807, 2.05) is 0 Å². The Labute approximate surface area is 158 Å². The van der Waals surface area contributed by atoms with Crippen LogP contribution in [0.3, 0.4) is 0 Å². The van der Waals surface area contributed by atoms with Crippen molar-refractivity contribution in [2.75, 3.05) is 22.9 Å². The normalized spacial score (nSPS) is 17.6. The molecule has 0 fully saturated rings. The second kappa shape index (κ2) is 7.56. The number of alkyl carbamates (subject to hydrolysis) is 1. The molecule has 0 unspecified atom stereocenters. The topological polar surface area (TPSA) is 99.2 Å². The van der Waals surface area contributed by atoms with Gasteiger partial charge in [-0.1, -0.05) is 12.1 Å². The minimum Gasteiger partial charge on any atom is -0.465 e. The summed E-state index contributed by atoms with van der Waals surface area (Å²) in [7, 11) is 0. The number of rotatable bonds is 2. The van der Waals surface area contributed by atoms with E-state index in [-0.39, 0.29) is 11.4 Å². The second-order valence-electron chi connectivity index (χ2n) is 7.12. The fraction of sp³-hybridized carbons (Fsp3) is 0.471. The van der Waals surface area contributed by atoms with E-state index in [4.69, 9.17) is 4.74 Å². The van der Waals surface area contributed by atoms with Gasteiger partial charge in [-0.05, 0) is 32.9 Å². The predicted octanol–water partition coefficient (Wildman–Crippen LogP) is 2.97. The van der Waals surface area contributed by atoms with E-state index in [0.29, 0.717) is 9.80 Å². The van der Waals surface area contributed by atoms with Crippen molar-refractivity contribution in [3.8, 4) is 0 Å². The third-order valence-corrected chi connectivity index (χ3v) is 3.65. The fourth-order valence-corrected chi connectivity index (χ4v) is 2.67. The smallest absolute Gasteiger partial charge is 0.411 e. The first-order valence-corrected chi connectivity index (χ1v) is 8.25. The van der Waals surface area contributed by atoms with E-state index in [1.165, 1.54) is 24.3 Å². The van der Waals surface area contributed by atoms with Crippen molar-refractivity contribution in [2.45, 2.75) is 38.6 Å². The molecule has 1 aliphatic rings. The summed E-state index contributed by atoms with van der Waals surface area (Å²) >= 11 is 0. The minimum atomic E-state index is -4.74. The maximum Gasteiger partial charge on any atom is 0.411 e. The van der Waals surface area contributed by atoms with Gasteiger partial charge in [-0.25, -0.2) is 9.59 Å². The maximum atomic E-state index is 13.1. The van der Waals surface area contributed by atoms with Crippen molar-refractivity contribution in [2.24, 2.45) is 0 Å². The van der Waals surface area contributed by atoms with E-state index in [1.54, 1.807) is 20.8 Å². The van der Waals surface area contributed by atoms with Gasteiger partial charge >= 0.3 is 18.4 Å². The summed E-state index contributed by atoms with van der Waals surface area (Å²) in [6, 6.07) is 3.76. The highest BCUT2D eigenvalue weighted by Crippen LogP contribution is 2.34. The average Bonchev–Trinajstić information content (AvgIpc) is 2.62. The predicted molar refractivity (Wildman–Crippen MR) is 93.4 cm³/mol. The number of anilines is 2. The molecule has 0 spiro atoms. The van der Waals surface area contributed by atoms with Crippen LogP contribution in [0.25, 0.3) is 0 Å². The highest BCUT2D eigenvalue weighted by molar-refractivity contribution is 6.06. The molecule has 0 radical (unpaired) electrons. The summed E-state index contributed by atoms with van der Waals surface area (Å²) < 4.78 is 44.2. The van der Waals surface area contributed by atoms with Gasteiger partial charge in [0.15, 0.2) is 0 Å². The fourth-order valence-electron chi connectivity index (χ4n) is 2.67. The maximum absolute atomic E-state index is 13.1. The summed E-state index contributed by atoms with van der Waals surface area (Å²) in [5.74, 6) is -1.10. The third-order valence-electron chi connectivity index (χ3n) is 3.65. The Morgan fingerprint density at radius 2 is 1.79 bits per heavy atom. The number of benzene rings is 1. The second-order valence-corrected chi connectivity index (χ2v) is 7.12. The average molecular weight is 403 g/mol. The molecule has 28 heavy (non-hydrogen) atoms. The zero-order valence-corrected chi connectivity index (χ0v) is 15.4. The minimum absolute atomic E-state index is 0.0962. The number of nitrogens with zero attached hydrogens (tertiary/aromatic N) is 2. The number of halogens is 3. The molecule has 2 N–H and O–H groups in total. The summed E-state index contributed by atoms with van der Waals surface area (Å²) in [6.45, 7) is 2.49. The Morgan fingerprint density at radius 3 is 2.29 bits per heavy atom. The molecular weight excluding hydrogens is 383 g/mol. The van der Waals surface area contributed by atoms with Gasteiger partial charge in [0.1, 0.15) is 18.2 Å². The molecular formula is C17H20F3N3O5. The lowest BCUT2D eigenvalue weighted by Crippen LogP contribution is -2.54. The monoisotopic (exact) mass is 403 g/mol. The molecule has 0 aliphatic carbocycles. The number of fused-ring (bicyclic) bond motifs is 1. The number of alkyl halides is 3. The molecule has 11 heteroatoms. The van der Waals surface area contributed by atoms with Gasteiger partial charge in [0.25, 0.3) is 5.91 Å². The Kier molecular flexibility index (Phi) is 5.76. The number of nitrogens with one attached hydrogen (secondary N) is 1. The molecule has 1 aromatic rings. The van der Waals surface area contributed by atoms with E-state index in [2.05, 4.69) is 5.32 Å². The SMILES string of the molecule is CC(C)(C)OC(=O)N[C@H]1CN(C(=O)O)c2ccccc2N(CC(F)(F)F)C1=O. The van der Waals surface area contributed by atoms with Gasteiger partial charge in [0.2, 0.25) is 0 Å². The summed E-state index contributed by atoms with van der Waals surface area (Å²) in [5.41, 5.74) is -1.24. The lowest BCUT2D eigenvalue weighted by Gasteiger charge is -2.27. The Bertz CT molecular complexity index is 776. The molecule has 1 aliphatic heterocycles. The number of carbonyl (C=O) groups is 3. The first-order valence-electron chi connectivity index (χ1n) is 8.25. The van der Waals surface area contributed by atoms with Gasteiger partial charge in [-0.3, -0.25) is 14.6 Å². The summed E-state index contributed by atoms with van der Waals surface area (Å²) in [6.07, 6.45) is -7.27. The van der Waals surface area contributed by atoms with Crippen LogP contribution in [0.5, 0.6) is 0 Å². The van der Waals surface area contributed by atoms with Gasteiger partial charge in [-0.15, -0.1) is 0 Å². The van der Waals surface area contributed by atoms with Crippen molar-refractivity contribution in [1.29, 1.82) is 0 Å². The number of hydrogen-bond acceptors (Lipinski definition) is 4. The molecule has 0 saturated carbocycles. The van der Waals surface area contributed by atoms with Gasteiger partial charge in [0.05, 0.1) is 17.9 Å². The van der Waals surface area contributed by atoms with Crippen molar-refractivity contribution in [1.82, 2.24) is 5.32 Å². The van der Waals surface area contributed by atoms with Crippen molar-refractivity contribution >= 4 is 29.5 Å². The Morgan fingerprint density at radius 1 is 1.21 bits per heavy atom. The van der Waals surface area contributed by atoms with Crippen molar-refractivity contribution in [3.63, 3.8) is 0 Å². The van der Waals surface area contributed by atoms with Crippen LogP contribution in [0.1, 0.15) is 20.8 Å². The molecule has 1 atom stereocenters. The van der Waals surface area contributed by atoms with Gasteiger partial charge < -0.3 is 15.2 Å². The molecule has 0 saturated heterocycles. The lowest BCUT2D eigenvalue weighted by molar-refractivity contribution is -0.133. The van der Waals surface area contributed by atoms with E-state index in [9.17, 15) is 32.7 Å². The lowest BCUT2D eigenvalue weighted by atomic mass is 10.2. The highest BCUT2D eigenvalue weighted by atomic mass is 19.4. The van der Waals surface area contributed by atoms with Crippen LogP contribution in [0.4, 0.5) is 34.1 Å². The summed E-state index contributed by atoms with van der Waals surface area (Å²) in [4.78, 5) is 37.6. The van der Waals surface area contributed by atoms with E-state index >= 15 is 0 Å². The standard InChI is InChI=1S/C17H20F3N3O5/c1-16(2,3)28-14(25)21-10-8-22(15(26)27)11-6-4-5-7-12(11)23(13(10)24)9-17(18,19)20/h4-7,10H,8-9H2,1-3H3,(H,21,25)(H,26,27)/t10-/m0/s1.